The van der Waals surface area contributed by atoms with Crippen LogP contribution in [0.1, 0.15) is 18.2 Å². The van der Waals surface area contributed by atoms with Gasteiger partial charge >= 0.3 is 0 Å². The van der Waals surface area contributed by atoms with Gasteiger partial charge in [0.05, 0.1) is 31.1 Å². The van der Waals surface area contributed by atoms with Gasteiger partial charge in [0.1, 0.15) is 24.0 Å². The fraction of sp³-hybridized carbons (Fsp3) is 0.389. The summed E-state index contributed by atoms with van der Waals surface area (Å²) in [6, 6.07) is 6.53. The molecule has 1 aromatic carbocycles. The second kappa shape index (κ2) is 7.43. The molecule has 144 valence electrons. The highest BCUT2D eigenvalue weighted by atomic mass is 19.3. The average molecular weight is 377 g/mol. The Morgan fingerprint density at radius 3 is 2.74 bits per heavy atom. The van der Waals surface area contributed by atoms with Crippen molar-refractivity contribution in [1.29, 1.82) is 5.41 Å². The van der Waals surface area contributed by atoms with E-state index in [4.69, 9.17) is 20.6 Å². The average Bonchev–Trinajstić information content (AvgIpc) is 2.61. The lowest BCUT2D eigenvalue weighted by molar-refractivity contribution is -0.0267. The Hall–Kier alpha value is -2.81. The Kier molecular flexibility index (Phi) is 5.22. The number of halogens is 2. The second-order valence-electron chi connectivity index (χ2n) is 6.48. The van der Waals surface area contributed by atoms with Gasteiger partial charge in [0.15, 0.2) is 0 Å². The molecule has 3 rings (SSSR count). The van der Waals surface area contributed by atoms with Crippen molar-refractivity contribution in [3.63, 3.8) is 0 Å². The van der Waals surface area contributed by atoms with E-state index in [1.807, 2.05) is 6.92 Å². The van der Waals surface area contributed by atoms with Crippen LogP contribution in [0.2, 0.25) is 0 Å². The Balaban J connectivity index is 1.81. The minimum atomic E-state index is -2.70. The second-order valence-corrected chi connectivity index (χ2v) is 6.48. The highest BCUT2D eigenvalue weighted by Crippen LogP contribution is 2.31. The van der Waals surface area contributed by atoms with Crippen LogP contribution >= 0.6 is 0 Å². The highest BCUT2D eigenvalue weighted by Gasteiger charge is 2.44. The lowest BCUT2D eigenvalue weighted by atomic mass is 10.0. The fourth-order valence-electron chi connectivity index (χ4n) is 2.80. The first kappa shape index (κ1) is 19.0. The molecule has 9 heteroatoms. The molecule has 7 nitrogen and oxygen atoms in total. The maximum Gasteiger partial charge on any atom is 0.282 e. The maximum absolute atomic E-state index is 13.1. The third kappa shape index (κ3) is 4.30. The number of methoxy groups -OCH3 is 1. The normalized spacial score (nSPS) is 16.5. The van der Waals surface area contributed by atoms with Gasteiger partial charge in [0.2, 0.25) is 0 Å². The number of benzene rings is 1. The molecule has 0 amide bonds. The van der Waals surface area contributed by atoms with Crippen molar-refractivity contribution in [3.8, 4) is 5.75 Å². The maximum atomic E-state index is 13.1. The molecule has 27 heavy (non-hydrogen) atoms. The molecular weight excluding hydrogens is 356 g/mol. The van der Waals surface area contributed by atoms with Crippen LogP contribution < -0.4 is 15.4 Å². The third-order valence-corrected chi connectivity index (χ3v) is 4.11. The van der Waals surface area contributed by atoms with Crippen molar-refractivity contribution in [2.24, 2.45) is 0 Å². The predicted octanol–water partition coefficient (Wildman–Crippen LogP) is 2.34. The van der Waals surface area contributed by atoms with Gasteiger partial charge in [-0.25, -0.2) is 18.7 Å². The van der Waals surface area contributed by atoms with Crippen molar-refractivity contribution < 1.29 is 18.3 Å². The van der Waals surface area contributed by atoms with Crippen molar-refractivity contribution in [2.75, 3.05) is 37.4 Å². The van der Waals surface area contributed by atoms with E-state index in [1.54, 1.807) is 25.3 Å². The van der Waals surface area contributed by atoms with Crippen LogP contribution in [0.4, 0.5) is 20.3 Å². The largest absolute Gasteiger partial charge is 0.488 e. The van der Waals surface area contributed by atoms with Crippen molar-refractivity contribution in [3.05, 3.63) is 41.9 Å². The Morgan fingerprint density at radius 2 is 2.07 bits per heavy atom. The standard InChI is InChI=1S/C18H21F2N5O2/c1-11(7-26-2)27-12-3-4-14(21)13(5-12)17(22)15-6-16(24-10-23-15)25-8-18(19,20)9-25/h3-6,10-11,22H,7-9,21H2,1-2H3/t11-/m0/s1. The topological polar surface area (TPSA) is 97.4 Å². The highest BCUT2D eigenvalue weighted by molar-refractivity contribution is 6.13. The minimum Gasteiger partial charge on any atom is -0.488 e. The molecule has 1 aromatic heterocycles. The van der Waals surface area contributed by atoms with E-state index in [0.29, 0.717) is 35.1 Å². The number of rotatable bonds is 7. The molecule has 0 radical (unpaired) electrons. The van der Waals surface area contributed by atoms with Crippen LogP contribution in [0, 0.1) is 5.41 Å². The van der Waals surface area contributed by atoms with Gasteiger partial charge in [-0.05, 0) is 25.1 Å². The summed E-state index contributed by atoms with van der Waals surface area (Å²) in [5, 5.41) is 8.45. The van der Waals surface area contributed by atoms with E-state index in [-0.39, 0.29) is 24.9 Å². The zero-order chi connectivity index (χ0) is 19.6. The summed E-state index contributed by atoms with van der Waals surface area (Å²) in [5.41, 5.74) is 7.20. The molecule has 1 atom stereocenters. The van der Waals surface area contributed by atoms with E-state index in [0.717, 1.165) is 0 Å². The Labute approximate surface area is 155 Å². The monoisotopic (exact) mass is 377 g/mol. The van der Waals surface area contributed by atoms with Crippen molar-refractivity contribution in [2.45, 2.75) is 19.0 Å². The SMILES string of the molecule is COC[C@H](C)Oc1ccc(N)c(C(=N)c2cc(N3CC(F)(F)C3)ncn2)c1. The third-order valence-electron chi connectivity index (χ3n) is 4.11. The van der Waals surface area contributed by atoms with Crippen LogP contribution in [0.5, 0.6) is 5.75 Å². The van der Waals surface area contributed by atoms with E-state index >= 15 is 0 Å². The number of aromatic nitrogens is 2. The number of hydrogen-bond donors (Lipinski definition) is 2. The molecule has 0 saturated carbocycles. The Morgan fingerprint density at radius 1 is 1.33 bits per heavy atom. The predicted molar refractivity (Wildman–Crippen MR) is 97.9 cm³/mol. The van der Waals surface area contributed by atoms with E-state index in [9.17, 15) is 8.78 Å². The van der Waals surface area contributed by atoms with Crippen LogP contribution in [0.3, 0.4) is 0 Å². The van der Waals surface area contributed by atoms with Crippen LogP contribution in [-0.4, -0.2) is 54.5 Å². The molecular formula is C18H21F2N5O2. The molecule has 0 aliphatic carbocycles. The quantitative estimate of drug-likeness (QED) is 0.568. The molecule has 1 aliphatic rings. The van der Waals surface area contributed by atoms with Gasteiger partial charge in [-0.1, -0.05) is 0 Å². The van der Waals surface area contributed by atoms with Gasteiger partial charge < -0.3 is 20.1 Å². The zero-order valence-electron chi connectivity index (χ0n) is 15.1. The Bertz CT molecular complexity index is 838. The van der Waals surface area contributed by atoms with Gasteiger partial charge in [0, 0.05) is 24.4 Å². The van der Waals surface area contributed by atoms with Crippen molar-refractivity contribution >= 4 is 17.2 Å². The summed E-state index contributed by atoms with van der Waals surface area (Å²) in [4.78, 5) is 9.54. The van der Waals surface area contributed by atoms with E-state index < -0.39 is 5.92 Å². The van der Waals surface area contributed by atoms with Crippen LogP contribution in [0.15, 0.2) is 30.6 Å². The smallest absolute Gasteiger partial charge is 0.282 e. The molecule has 3 N–H and O–H groups in total. The summed E-state index contributed by atoms with van der Waals surface area (Å²) in [7, 11) is 1.59. The summed E-state index contributed by atoms with van der Waals surface area (Å²) in [6.45, 7) is 1.51. The summed E-state index contributed by atoms with van der Waals surface area (Å²) < 4.78 is 37.0. The first-order valence-corrected chi connectivity index (χ1v) is 8.38. The van der Waals surface area contributed by atoms with Gasteiger partial charge in [-0.15, -0.1) is 0 Å². The summed E-state index contributed by atoms with van der Waals surface area (Å²) in [6.07, 6.45) is 1.09. The van der Waals surface area contributed by atoms with Crippen LogP contribution in [0.25, 0.3) is 0 Å². The molecule has 1 saturated heterocycles. The van der Waals surface area contributed by atoms with E-state index in [1.165, 1.54) is 17.3 Å². The zero-order valence-corrected chi connectivity index (χ0v) is 15.1. The number of nitrogens with zero attached hydrogens (tertiary/aromatic N) is 3. The number of nitrogen functional groups attached to an aromatic ring is 1. The number of nitrogens with two attached hydrogens (primary N) is 1. The molecule has 0 bridgehead atoms. The number of alkyl halides is 2. The summed E-state index contributed by atoms with van der Waals surface area (Å²) in [5.74, 6) is -1.80. The molecule has 0 unspecified atom stereocenters. The summed E-state index contributed by atoms with van der Waals surface area (Å²) >= 11 is 0. The molecule has 0 spiro atoms. The van der Waals surface area contributed by atoms with Gasteiger partial charge in [-0.3, -0.25) is 5.41 Å². The lowest BCUT2D eigenvalue weighted by Gasteiger charge is -2.39. The first-order valence-electron chi connectivity index (χ1n) is 8.38. The minimum absolute atomic E-state index is 0.0632. The molecule has 2 heterocycles. The lowest BCUT2D eigenvalue weighted by Crippen LogP contribution is -2.56. The molecule has 1 aliphatic heterocycles. The number of hydrogen-bond acceptors (Lipinski definition) is 7. The van der Waals surface area contributed by atoms with Crippen LogP contribution in [-0.2, 0) is 4.74 Å². The van der Waals surface area contributed by atoms with Gasteiger partial charge in [-0.2, -0.15) is 0 Å². The van der Waals surface area contributed by atoms with E-state index in [2.05, 4.69) is 9.97 Å². The number of anilines is 2. The fourth-order valence-corrected chi connectivity index (χ4v) is 2.80. The first-order chi connectivity index (χ1) is 12.8. The van der Waals surface area contributed by atoms with Gasteiger partial charge in [0.25, 0.3) is 5.92 Å². The number of nitrogens with one attached hydrogen (secondary N) is 1. The molecule has 1 fully saturated rings. The molecule has 2 aromatic rings. The van der Waals surface area contributed by atoms with Crippen molar-refractivity contribution in [1.82, 2.24) is 9.97 Å². The number of ether oxygens (including phenoxy) is 2.